The molecule has 1 amide bonds. The molecular formula is C9H17NO2S. The van der Waals surface area contributed by atoms with E-state index in [2.05, 4.69) is 6.92 Å². The number of aliphatic hydroxyl groups excluding tert-OH is 1. The molecule has 0 spiro atoms. The lowest BCUT2D eigenvalue weighted by Gasteiger charge is -2.21. The highest BCUT2D eigenvalue weighted by Crippen LogP contribution is 2.18. The van der Waals surface area contributed by atoms with E-state index in [0.717, 1.165) is 25.3 Å². The molecule has 0 aliphatic carbocycles. The number of aliphatic hydroxyl groups is 1. The van der Waals surface area contributed by atoms with Crippen LogP contribution in [-0.4, -0.2) is 46.1 Å². The molecule has 1 aliphatic rings. The smallest absolute Gasteiger partial charge is 0.251 e. The van der Waals surface area contributed by atoms with E-state index >= 15 is 0 Å². The van der Waals surface area contributed by atoms with Gasteiger partial charge in [-0.25, -0.2) is 0 Å². The summed E-state index contributed by atoms with van der Waals surface area (Å²) in [6, 6.07) is 0. The Kier molecular flexibility index (Phi) is 4.06. The number of hydrogen-bond acceptors (Lipinski definition) is 3. The van der Waals surface area contributed by atoms with Gasteiger partial charge in [0.2, 0.25) is 0 Å². The highest BCUT2D eigenvalue weighted by molar-refractivity contribution is 7.99. The van der Waals surface area contributed by atoms with E-state index in [1.807, 2.05) is 11.8 Å². The van der Waals surface area contributed by atoms with Gasteiger partial charge in [0.05, 0.1) is 0 Å². The largest absolute Gasteiger partial charge is 0.384 e. The summed E-state index contributed by atoms with van der Waals surface area (Å²) in [5, 5.41) is 9.76. The summed E-state index contributed by atoms with van der Waals surface area (Å²) in [5.41, 5.74) is 0. The fourth-order valence-corrected chi connectivity index (χ4v) is 2.38. The van der Waals surface area contributed by atoms with Gasteiger partial charge in [-0.05, 0) is 13.3 Å². The molecule has 2 atom stereocenters. The monoisotopic (exact) mass is 203 g/mol. The van der Waals surface area contributed by atoms with Crippen molar-refractivity contribution in [3.8, 4) is 0 Å². The lowest BCUT2D eigenvalue weighted by molar-refractivity contribution is -0.138. The lowest BCUT2D eigenvalue weighted by Crippen LogP contribution is -2.39. The van der Waals surface area contributed by atoms with Gasteiger partial charge in [0.25, 0.3) is 5.91 Å². The van der Waals surface area contributed by atoms with Crippen molar-refractivity contribution in [3.63, 3.8) is 0 Å². The zero-order valence-corrected chi connectivity index (χ0v) is 9.01. The molecular weight excluding hydrogens is 186 g/mol. The number of amides is 1. The van der Waals surface area contributed by atoms with Crippen molar-refractivity contribution >= 4 is 17.7 Å². The van der Waals surface area contributed by atoms with E-state index in [1.165, 1.54) is 6.92 Å². The maximum atomic E-state index is 11.4. The van der Waals surface area contributed by atoms with Crippen molar-refractivity contribution in [1.29, 1.82) is 0 Å². The molecule has 1 saturated heterocycles. The van der Waals surface area contributed by atoms with Gasteiger partial charge in [-0.3, -0.25) is 4.79 Å². The molecule has 3 nitrogen and oxygen atoms in total. The van der Waals surface area contributed by atoms with Gasteiger partial charge < -0.3 is 10.0 Å². The Hall–Kier alpha value is -0.220. The lowest BCUT2D eigenvalue weighted by atomic mass is 10.2. The van der Waals surface area contributed by atoms with Crippen LogP contribution in [0.3, 0.4) is 0 Å². The van der Waals surface area contributed by atoms with Gasteiger partial charge >= 0.3 is 0 Å². The fraction of sp³-hybridized carbons (Fsp3) is 0.889. The third kappa shape index (κ3) is 3.19. The average Bonchev–Trinajstić information content (AvgIpc) is 2.28. The molecule has 76 valence electrons. The number of carbonyl (C=O) groups is 1. The van der Waals surface area contributed by atoms with Crippen LogP contribution in [-0.2, 0) is 4.79 Å². The van der Waals surface area contributed by atoms with Gasteiger partial charge in [-0.2, -0.15) is 11.8 Å². The standard InChI is InChI=1S/C9H17NO2S/c1-7-3-4-10(5-6-13-7)9(12)8(2)11/h7-8,11H,3-6H2,1-2H3/t7?,8-/m1/s1. The van der Waals surface area contributed by atoms with Crippen LogP contribution in [0.2, 0.25) is 0 Å². The van der Waals surface area contributed by atoms with E-state index in [0.29, 0.717) is 5.25 Å². The molecule has 1 rings (SSSR count). The quantitative estimate of drug-likeness (QED) is 0.682. The van der Waals surface area contributed by atoms with Crippen LogP contribution in [0, 0.1) is 0 Å². The van der Waals surface area contributed by atoms with Gasteiger partial charge in [0.15, 0.2) is 0 Å². The molecule has 0 aromatic rings. The Labute approximate surface area is 83.5 Å². The summed E-state index contributed by atoms with van der Waals surface area (Å²) >= 11 is 1.90. The van der Waals surface area contributed by atoms with E-state index in [9.17, 15) is 4.79 Å². The van der Waals surface area contributed by atoms with Crippen molar-refractivity contribution in [3.05, 3.63) is 0 Å². The van der Waals surface area contributed by atoms with Gasteiger partial charge in [0.1, 0.15) is 6.10 Å². The molecule has 1 fully saturated rings. The highest BCUT2D eigenvalue weighted by Gasteiger charge is 2.21. The molecule has 0 radical (unpaired) electrons. The summed E-state index contributed by atoms with van der Waals surface area (Å²) < 4.78 is 0. The van der Waals surface area contributed by atoms with Crippen LogP contribution in [0.5, 0.6) is 0 Å². The van der Waals surface area contributed by atoms with Crippen molar-refractivity contribution in [1.82, 2.24) is 4.90 Å². The molecule has 1 unspecified atom stereocenters. The minimum atomic E-state index is -0.849. The maximum Gasteiger partial charge on any atom is 0.251 e. The Morgan fingerprint density at radius 1 is 1.62 bits per heavy atom. The van der Waals surface area contributed by atoms with Crippen LogP contribution in [0.25, 0.3) is 0 Å². The Morgan fingerprint density at radius 3 is 2.92 bits per heavy atom. The Balaban J connectivity index is 2.46. The molecule has 1 N–H and O–H groups in total. The van der Waals surface area contributed by atoms with Crippen LogP contribution < -0.4 is 0 Å². The molecule has 13 heavy (non-hydrogen) atoms. The topological polar surface area (TPSA) is 40.5 Å². The van der Waals surface area contributed by atoms with Crippen LogP contribution in [0.15, 0.2) is 0 Å². The summed E-state index contributed by atoms with van der Waals surface area (Å²) in [6.07, 6.45) is 0.182. The first-order chi connectivity index (χ1) is 6.11. The SMILES string of the molecule is CC1CCN(C(=O)[C@@H](C)O)CCS1. The molecule has 1 aliphatic heterocycles. The summed E-state index contributed by atoms with van der Waals surface area (Å²) in [6.45, 7) is 5.28. The third-order valence-electron chi connectivity index (χ3n) is 2.24. The van der Waals surface area contributed by atoms with Crippen LogP contribution in [0.1, 0.15) is 20.3 Å². The molecule has 0 aromatic heterocycles. The predicted molar refractivity (Wildman–Crippen MR) is 54.8 cm³/mol. The molecule has 0 bridgehead atoms. The van der Waals surface area contributed by atoms with Crippen LogP contribution >= 0.6 is 11.8 Å². The zero-order chi connectivity index (χ0) is 9.84. The van der Waals surface area contributed by atoms with Crippen LogP contribution in [0.4, 0.5) is 0 Å². The predicted octanol–water partition coefficient (Wildman–Crippen LogP) is 0.721. The van der Waals surface area contributed by atoms with Crippen molar-refractivity contribution < 1.29 is 9.90 Å². The molecule has 4 heteroatoms. The average molecular weight is 203 g/mol. The van der Waals surface area contributed by atoms with E-state index in [1.54, 1.807) is 4.90 Å². The molecule has 0 aromatic carbocycles. The first-order valence-corrected chi connectivity index (χ1v) is 5.74. The van der Waals surface area contributed by atoms with Gasteiger partial charge in [-0.15, -0.1) is 0 Å². The molecule has 1 heterocycles. The second-order valence-electron chi connectivity index (χ2n) is 3.47. The fourth-order valence-electron chi connectivity index (χ4n) is 1.38. The second kappa shape index (κ2) is 4.86. The van der Waals surface area contributed by atoms with Gasteiger partial charge in [0, 0.05) is 24.1 Å². The van der Waals surface area contributed by atoms with E-state index < -0.39 is 6.10 Å². The Morgan fingerprint density at radius 2 is 2.31 bits per heavy atom. The summed E-state index contributed by atoms with van der Waals surface area (Å²) in [5.74, 6) is 0.856. The highest BCUT2D eigenvalue weighted by atomic mass is 32.2. The normalized spacial score (nSPS) is 26.7. The number of nitrogens with zero attached hydrogens (tertiary/aromatic N) is 1. The second-order valence-corrected chi connectivity index (χ2v) is 5.02. The zero-order valence-electron chi connectivity index (χ0n) is 8.19. The molecule has 0 saturated carbocycles. The van der Waals surface area contributed by atoms with Crippen molar-refractivity contribution in [2.45, 2.75) is 31.6 Å². The van der Waals surface area contributed by atoms with Gasteiger partial charge in [-0.1, -0.05) is 6.92 Å². The number of carbonyl (C=O) groups excluding carboxylic acids is 1. The van der Waals surface area contributed by atoms with E-state index in [-0.39, 0.29) is 5.91 Å². The summed E-state index contributed by atoms with van der Waals surface area (Å²) in [4.78, 5) is 13.2. The van der Waals surface area contributed by atoms with Crippen molar-refractivity contribution in [2.75, 3.05) is 18.8 Å². The number of rotatable bonds is 1. The minimum absolute atomic E-state index is 0.130. The third-order valence-corrected chi connectivity index (χ3v) is 3.46. The Bertz CT molecular complexity index is 184. The van der Waals surface area contributed by atoms with Crippen molar-refractivity contribution in [2.24, 2.45) is 0 Å². The summed E-state index contributed by atoms with van der Waals surface area (Å²) in [7, 11) is 0. The number of hydrogen-bond donors (Lipinski definition) is 1. The first kappa shape index (κ1) is 10.9. The maximum absolute atomic E-state index is 11.4. The number of thioether (sulfide) groups is 1. The first-order valence-electron chi connectivity index (χ1n) is 4.69. The minimum Gasteiger partial charge on any atom is -0.384 e. The van der Waals surface area contributed by atoms with E-state index in [4.69, 9.17) is 5.11 Å².